The maximum absolute atomic E-state index is 11.7. The third-order valence-electron chi connectivity index (χ3n) is 2.06. The van der Waals surface area contributed by atoms with Crippen LogP contribution in [0.15, 0.2) is 29.1 Å². The van der Waals surface area contributed by atoms with Crippen LogP contribution in [0.1, 0.15) is 16.1 Å². The molecule has 2 aromatic rings. The number of carbonyl (C=O) groups is 1. The van der Waals surface area contributed by atoms with Gasteiger partial charge in [0.2, 0.25) is 0 Å². The molecule has 0 spiro atoms. The summed E-state index contributed by atoms with van der Waals surface area (Å²) >= 11 is 0. The fourth-order valence-corrected chi connectivity index (χ4v) is 1.23. The first kappa shape index (κ1) is 12.2. The number of amides is 1. The lowest BCUT2D eigenvalue weighted by molar-refractivity contribution is -0.402. The van der Waals surface area contributed by atoms with Gasteiger partial charge in [0.05, 0.1) is 12.3 Å². The van der Waals surface area contributed by atoms with Crippen molar-refractivity contribution in [3.63, 3.8) is 0 Å². The van der Waals surface area contributed by atoms with Gasteiger partial charge in [-0.2, -0.15) is 5.26 Å². The molecule has 0 unspecified atom stereocenters. The molecule has 0 aliphatic rings. The molecule has 9 nitrogen and oxygen atoms in total. The van der Waals surface area contributed by atoms with E-state index in [0.29, 0.717) is 0 Å². The average Bonchev–Trinajstić information content (AvgIpc) is 2.89. The number of nitriles is 1. The molecular weight excluding hydrogens is 254 g/mol. The van der Waals surface area contributed by atoms with Crippen molar-refractivity contribution in [2.24, 2.45) is 0 Å². The first-order valence-electron chi connectivity index (χ1n) is 4.87. The Labute approximate surface area is 105 Å². The van der Waals surface area contributed by atoms with Gasteiger partial charge in [-0.25, -0.2) is 9.97 Å². The second kappa shape index (κ2) is 4.92. The first-order chi connectivity index (χ1) is 9.11. The molecule has 1 amide bonds. The van der Waals surface area contributed by atoms with Gasteiger partial charge in [-0.1, -0.05) is 0 Å². The van der Waals surface area contributed by atoms with Crippen molar-refractivity contribution in [1.82, 2.24) is 9.97 Å². The summed E-state index contributed by atoms with van der Waals surface area (Å²) in [5, 5.41) is 21.5. The van der Waals surface area contributed by atoms with Crippen LogP contribution in [0.2, 0.25) is 0 Å². The molecule has 2 heterocycles. The van der Waals surface area contributed by atoms with Gasteiger partial charge in [0.15, 0.2) is 11.6 Å². The normalized spacial score (nSPS) is 9.63. The van der Waals surface area contributed by atoms with Gasteiger partial charge in [0.25, 0.3) is 5.91 Å². The van der Waals surface area contributed by atoms with Crippen LogP contribution in [0.4, 0.5) is 11.7 Å². The van der Waals surface area contributed by atoms with E-state index >= 15 is 0 Å². The molecule has 0 aromatic carbocycles. The highest BCUT2D eigenvalue weighted by atomic mass is 16.6. The molecule has 0 radical (unpaired) electrons. The molecule has 19 heavy (non-hydrogen) atoms. The van der Waals surface area contributed by atoms with Gasteiger partial charge >= 0.3 is 5.88 Å². The highest BCUT2D eigenvalue weighted by Gasteiger charge is 2.18. The smallest absolute Gasteiger partial charge is 0.395 e. The van der Waals surface area contributed by atoms with Crippen molar-refractivity contribution in [3.8, 4) is 6.07 Å². The number of nitro groups is 1. The Morgan fingerprint density at radius 1 is 1.53 bits per heavy atom. The van der Waals surface area contributed by atoms with Crippen LogP contribution in [0, 0.1) is 21.4 Å². The minimum Gasteiger partial charge on any atom is -0.395 e. The average molecular weight is 259 g/mol. The number of aromatic nitrogens is 2. The highest BCUT2D eigenvalue weighted by Crippen LogP contribution is 2.17. The lowest BCUT2D eigenvalue weighted by Crippen LogP contribution is -2.13. The van der Waals surface area contributed by atoms with Crippen LogP contribution in [0.5, 0.6) is 0 Å². The lowest BCUT2D eigenvalue weighted by Gasteiger charge is -2.02. The van der Waals surface area contributed by atoms with Gasteiger partial charge in [0.1, 0.15) is 22.9 Å². The second-order valence-corrected chi connectivity index (χ2v) is 3.25. The van der Waals surface area contributed by atoms with Gasteiger partial charge in [-0.15, -0.1) is 0 Å². The fourth-order valence-electron chi connectivity index (χ4n) is 1.23. The third-order valence-corrected chi connectivity index (χ3v) is 2.06. The van der Waals surface area contributed by atoms with Crippen molar-refractivity contribution in [2.45, 2.75) is 0 Å². The zero-order chi connectivity index (χ0) is 13.8. The van der Waals surface area contributed by atoms with Crippen molar-refractivity contribution in [2.75, 3.05) is 5.32 Å². The molecule has 0 aliphatic carbocycles. The van der Waals surface area contributed by atoms with Crippen LogP contribution in [-0.4, -0.2) is 20.8 Å². The van der Waals surface area contributed by atoms with E-state index in [1.54, 1.807) is 6.07 Å². The van der Waals surface area contributed by atoms with Crippen molar-refractivity contribution < 1.29 is 14.1 Å². The molecule has 94 valence electrons. The Morgan fingerprint density at radius 2 is 2.32 bits per heavy atom. The van der Waals surface area contributed by atoms with E-state index in [1.807, 2.05) is 0 Å². The number of nitrogens with zero attached hydrogens (tertiary/aromatic N) is 4. The van der Waals surface area contributed by atoms with Gasteiger partial charge in [0, 0.05) is 0 Å². The lowest BCUT2D eigenvalue weighted by atomic mass is 10.3. The molecule has 0 atom stereocenters. The zero-order valence-electron chi connectivity index (χ0n) is 9.23. The Hall–Kier alpha value is -3.28. The van der Waals surface area contributed by atoms with E-state index in [9.17, 15) is 14.9 Å². The van der Waals surface area contributed by atoms with Crippen LogP contribution >= 0.6 is 0 Å². The van der Waals surface area contributed by atoms with Gasteiger partial charge in [-0.3, -0.25) is 14.9 Å². The predicted molar refractivity (Wildman–Crippen MR) is 60.1 cm³/mol. The van der Waals surface area contributed by atoms with Crippen molar-refractivity contribution in [1.29, 1.82) is 5.26 Å². The quantitative estimate of drug-likeness (QED) is 0.643. The Kier molecular flexibility index (Phi) is 3.16. The Morgan fingerprint density at radius 3 is 2.95 bits per heavy atom. The van der Waals surface area contributed by atoms with Crippen LogP contribution in [-0.2, 0) is 0 Å². The summed E-state index contributed by atoms with van der Waals surface area (Å²) < 4.78 is 4.72. The molecule has 0 saturated carbocycles. The van der Waals surface area contributed by atoms with E-state index in [1.165, 1.54) is 6.20 Å². The number of nitrogens with one attached hydrogen (secondary N) is 1. The van der Waals surface area contributed by atoms with E-state index in [4.69, 9.17) is 9.68 Å². The fraction of sp³-hybridized carbons (Fsp3) is 0. The van der Waals surface area contributed by atoms with E-state index < -0.39 is 16.7 Å². The van der Waals surface area contributed by atoms with Crippen molar-refractivity contribution >= 4 is 17.6 Å². The van der Waals surface area contributed by atoms with Crippen molar-refractivity contribution in [3.05, 3.63) is 46.1 Å². The van der Waals surface area contributed by atoms with E-state index in [0.717, 1.165) is 18.5 Å². The number of furan rings is 1. The maximum Gasteiger partial charge on any atom is 0.433 e. The summed E-state index contributed by atoms with van der Waals surface area (Å²) in [7, 11) is 0. The predicted octanol–water partition coefficient (Wildman–Crippen LogP) is 1.10. The number of anilines is 1. The molecule has 0 fully saturated rings. The highest BCUT2D eigenvalue weighted by molar-refractivity contribution is 6.02. The van der Waals surface area contributed by atoms with Gasteiger partial charge < -0.3 is 9.73 Å². The first-order valence-corrected chi connectivity index (χ1v) is 4.87. The summed E-state index contributed by atoms with van der Waals surface area (Å²) in [6.45, 7) is 0. The summed E-state index contributed by atoms with van der Waals surface area (Å²) in [6, 6.07) is 4.01. The molecule has 0 bridgehead atoms. The molecule has 2 rings (SSSR count). The number of hydrogen-bond acceptors (Lipinski definition) is 7. The molecule has 9 heteroatoms. The number of hydrogen-bond donors (Lipinski definition) is 1. The second-order valence-electron chi connectivity index (χ2n) is 3.25. The Balaban J connectivity index is 2.21. The van der Waals surface area contributed by atoms with Crippen LogP contribution in [0.25, 0.3) is 0 Å². The number of rotatable bonds is 3. The molecule has 1 N–H and O–H groups in total. The SMILES string of the molecule is N#Cc1cncnc1NC(=O)c1ccc([N+](=O)[O-])o1. The summed E-state index contributed by atoms with van der Waals surface area (Å²) in [4.78, 5) is 28.7. The molecular formula is C10H5N5O4. The number of carbonyl (C=O) groups excluding carboxylic acids is 1. The van der Waals surface area contributed by atoms with Gasteiger partial charge in [-0.05, 0) is 6.07 Å². The Bertz CT molecular complexity index is 687. The zero-order valence-corrected chi connectivity index (χ0v) is 9.23. The topological polar surface area (TPSA) is 135 Å². The van der Waals surface area contributed by atoms with Crippen LogP contribution < -0.4 is 5.32 Å². The largest absolute Gasteiger partial charge is 0.433 e. The van der Waals surface area contributed by atoms with Crippen LogP contribution in [0.3, 0.4) is 0 Å². The van der Waals surface area contributed by atoms with E-state index in [2.05, 4.69) is 15.3 Å². The summed E-state index contributed by atoms with van der Waals surface area (Å²) in [6.07, 6.45) is 2.38. The molecule has 0 aliphatic heterocycles. The molecule has 0 saturated heterocycles. The minimum atomic E-state index is -0.762. The standard InChI is InChI=1S/C10H5N5O4/c11-3-6-4-12-5-13-9(6)14-10(16)7-1-2-8(19-7)15(17)18/h1-2,4-5H,(H,12,13,14,16). The minimum absolute atomic E-state index is 0.00144. The third kappa shape index (κ3) is 2.52. The van der Waals surface area contributed by atoms with E-state index in [-0.39, 0.29) is 17.1 Å². The summed E-state index contributed by atoms with van der Waals surface area (Å²) in [5.74, 6) is -1.55. The monoisotopic (exact) mass is 259 g/mol. The summed E-state index contributed by atoms with van der Waals surface area (Å²) in [5.41, 5.74) is 0.0666. The molecule has 2 aromatic heterocycles. The maximum atomic E-state index is 11.7.